The van der Waals surface area contributed by atoms with Crippen LogP contribution in [0.1, 0.15) is 12.8 Å². The van der Waals surface area contributed by atoms with E-state index in [2.05, 4.69) is 6.42 Å². The number of hydrogen-bond acceptors (Lipinski definition) is 2. The molecule has 3 nitrogen and oxygen atoms in total. The third-order valence-electron chi connectivity index (χ3n) is 2.64. The number of halogens is 2. The van der Waals surface area contributed by atoms with E-state index < -0.39 is 10.0 Å². The minimum Gasteiger partial charge on any atom is -0.207 e. The van der Waals surface area contributed by atoms with Gasteiger partial charge in [-0.3, -0.25) is 0 Å². The molecule has 0 aliphatic carbocycles. The summed E-state index contributed by atoms with van der Waals surface area (Å²) in [7, 11) is -3.46. The molecule has 1 aromatic rings. The molecule has 1 aliphatic heterocycles. The second-order valence-corrected chi connectivity index (χ2v) is 6.69. The average molecular weight is 293 g/mol. The number of sulfonamides is 1. The van der Waals surface area contributed by atoms with Crippen LogP contribution in [-0.4, -0.2) is 25.8 Å². The molecule has 17 heavy (non-hydrogen) atoms. The van der Waals surface area contributed by atoms with E-state index in [1.807, 2.05) is 0 Å². The molecule has 6 heteroatoms. The van der Waals surface area contributed by atoms with E-state index in [-0.39, 0.29) is 4.90 Å². The molecule has 0 saturated carbocycles. The monoisotopic (exact) mass is 292 g/mol. The van der Waals surface area contributed by atoms with Crippen LogP contribution in [0.5, 0.6) is 0 Å². The van der Waals surface area contributed by atoms with E-state index >= 15 is 0 Å². The van der Waals surface area contributed by atoms with Crippen molar-refractivity contribution in [3.63, 3.8) is 0 Å². The predicted octanol–water partition coefficient (Wildman–Crippen LogP) is 2.98. The first kappa shape index (κ1) is 13.1. The molecule has 0 aromatic heterocycles. The van der Waals surface area contributed by atoms with Crippen molar-refractivity contribution in [2.45, 2.75) is 17.7 Å². The molecule has 0 spiro atoms. The zero-order chi connectivity index (χ0) is 12.5. The molecular formula is C11H12Cl2NO2S. The third kappa shape index (κ3) is 2.94. The topological polar surface area (TPSA) is 37.4 Å². The number of piperidine rings is 1. The van der Waals surface area contributed by atoms with Gasteiger partial charge in [0.25, 0.3) is 0 Å². The van der Waals surface area contributed by atoms with E-state index in [0.717, 1.165) is 12.8 Å². The van der Waals surface area contributed by atoms with Crippen LogP contribution in [0.15, 0.2) is 23.1 Å². The minimum absolute atomic E-state index is 0.164. The molecule has 1 radical (unpaired) electrons. The van der Waals surface area contributed by atoms with Crippen molar-refractivity contribution in [1.82, 2.24) is 4.31 Å². The molecule has 93 valence electrons. The molecule has 1 fully saturated rings. The maximum Gasteiger partial charge on any atom is 0.243 e. The van der Waals surface area contributed by atoms with Crippen LogP contribution in [-0.2, 0) is 10.0 Å². The van der Waals surface area contributed by atoms with Gasteiger partial charge in [-0.25, -0.2) is 8.42 Å². The first-order valence-corrected chi connectivity index (χ1v) is 7.47. The molecule has 1 heterocycles. The van der Waals surface area contributed by atoms with Gasteiger partial charge >= 0.3 is 0 Å². The smallest absolute Gasteiger partial charge is 0.207 e. The van der Waals surface area contributed by atoms with E-state index in [1.54, 1.807) is 0 Å². The highest BCUT2D eigenvalue weighted by Crippen LogP contribution is 2.26. The number of nitrogens with zero attached hydrogens (tertiary/aromatic N) is 1. The number of benzene rings is 1. The van der Waals surface area contributed by atoms with Crippen molar-refractivity contribution in [2.24, 2.45) is 0 Å². The Labute approximate surface area is 111 Å². The summed E-state index contributed by atoms with van der Waals surface area (Å²) in [6, 6.07) is 4.38. The van der Waals surface area contributed by atoms with Gasteiger partial charge < -0.3 is 0 Å². The molecule has 0 bridgehead atoms. The van der Waals surface area contributed by atoms with Crippen molar-refractivity contribution >= 4 is 33.2 Å². The van der Waals surface area contributed by atoms with Crippen LogP contribution in [0.4, 0.5) is 0 Å². The van der Waals surface area contributed by atoms with E-state index in [9.17, 15) is 8.42 Å². The van der Waals surface area contributed by atoms with Crippen LogP contribution in [0.25, 0.3) is 0 Å². The van der Waals surface area contributed by atoms with Crippen LogP contribution in [0.2, 0.25) is 10.0 Å². The summed E-state index contributed by atoms with van der Waals surface area (Å²) in [5.41, 5.74) is 0. The van der Waals surface area contributed by atoms with Gasteiger partial charge in [-0.1, -0.05) is 23.2 Å². The highest BCUT2D eigenvalue weighted by molar-refractivity contribution is 7.89. The van der Waals surface area contributed by atoms with Crippen LogP contribution in [0.3, 0.4) is 0 Å². The Morgan fingerprint density at radius 1 is 1.00 bits per heavy atom. The Hall–Kier alpha value is -0.290. The average Bonchev–Trinajstić information content (AvgIpc) is 2.29. The molecule has 0 amide bonds. The SMILES string of the molecule is O=S(=O)(c1cc(Cl)cc(Cl)c1)N1CC[CH]CC1. The molecule has 2 rings (SSSR count). The summed E-state index contributed by atoms with van der Waals surface area (Å²) in [5.74, 6) is 0. The number of rotatable bonds is 2. The second kappa shape index (κ2) is 5.14. The van der Waals surface area contributed by atoms with Crippen molar-refractivity contribution in [3.05, 3.63) is 34.7 Å². The molecule has 1 aromatic carbocycles. The highest BCUT2D eigenvalue weighted by atomic mass is 35.5. The van der Waals surface area contributed by atoms with Gasteiger partial charge in [-0.15, -0.1) is 0 Å². The van der Waals surface area contributed by atoms with Crippen molar-refractivity contribution in [1.29, 1.82) is 0 Å². The molecule has 1 saturated heterocycles. The second-order valence-electron chi connectivity index (χ2n) is 3.88. The Kier molecular flexibility index (Phi) is 3.98. The van der Waals surface area contributed by atoms with Gasteiger partial charge in [-0.2, -0.15) is 4.31 Å². The lowest BCUT2D eigenvalue weighted by Gasteiger charge is -2.25. The molecule has 0 unspecified atom stereocenters. The quantitative estimate of drug-likeness (QED) is 0.840. The molecule has 1 aliphatic rings. The minimum atomic E-state index is -3.46. The summed E-state index contributed by atoms with van der Waals surface area (Å²) in [5, 5.41) is 0.666. The first-order chi connectivity index (χ1) is 8.00. The lowest BCUT2D eigenvalue weighted by Crippen LogP contribution is -2.35. The zero-order valence-electron chi connectivity index (χ0n) is 9.07. The normalized spacial score (nSPS) is 18.2. The molecule has 0 N–H and O–H groups in total. The zero-order valence-corrected chi connectivity index (χ0v) is 11.4. The summed E-state index contributed by atoms with van der Waals surface area (Å²) < 4.78 is 26.0. The van der Waals surface area contributed by atoms with E-state index in [0.29, 0.717) is 23.1 Å². The van der Waals surface area contributed by atoms with Gasteiger partial charge in [0.2, 0.25) is 10.0 Å². The lowest BCUT2D eigenvalue weighted by atomic mass is 10.2. The Morgan fingerprint density at radius 2 is 1.53 bits per heavy atom. The summed E-state index contributed by atoms with van der Waals surface area (Å²) in [6.45, 7) is 1.04. The largest absolute Gasteiger partial charge is 0.243 e. The summed E-state index contributed by atoms with van der Waals surface area (Å²) >= 11 is 11.6. The Bertz CT molecular complexity index is 490. The Morgan fingerprint density at radius 3 is 2.06 bits per heavy atom. The highest BCUT2D eigenvalue weighted by Gasteiger charge is 2.26. The maximum absolute atomic E-state index is 12.3. The van der Waals surface area contributed by atoms with Gasteiger partial charge in [-0.05, 0) is 37.5 Å². The van der Waals surface area contributed by atoms with Gasteiger partial charge in [0.1, 0.15) is 0 Å². The van der Waals surface area contributed by atoms with Crippen molar-refractivity contribution in [2.75, 3.05) is 13.1 Å². The van der Waals surface area contributed by atoms with Crippen molar-refractivity contribution in [3.8, 4) is 0 Å². The molecular weight excluding hydrogens is 281 g/mol. The van der Waals surface area contributed by atoms with Gasteiger partial charge in [0.05, 0.1) is 4.90 Å². The van der Waals surface area contributed by atoms with Crippen LogP contribution >= 0.6 is 23.2 Å². The van der Waals surface area contributed by atoms with Crippen molar-refractivity contribution < 1.29 is 8.42 Å². The number of hydrogen-bond donors (Lipinski definition) is 0. The van der Waals surface area contributed by atoms with Gasteiger partial charge in [0.15, 0.2) is 0 Å². The predicted molar refractivity (Wildman–Crippen MR) is 68.8 cm³/mol. The van der Waals surface area contributed by atoms with Crippen LogP contribution < -0.4 is 0 Å². The fourth-order valence-electron chi connectivity index (χ4n) is 1.79. The molecule has 0 atom stereocenters. The van der Waals surface area contributed by atoms with E-state index in [4.69, 9.17) is 23.2 Å². The van der Waals surface area contributed by atoms with Crippen LogP contribution in [0, 0.1) is 6.42 Å². The Balaban J connectivity index is 2.36. The fraction of sp³-hybridized carbons (Fsp3) is 0.364. The standard InChI is InChI=1S/C11H12Cl2NO2S/c12-9-6-10(13)8-11(7-9)17(15,16)14-4-2-1-3-5-14/h1,6-8H,2-5H2. The third-order valence-corrected chi connectivity index (χ3v) is 4.95. The maximum atomic E-state index is 12.3. The lowest BCUT2D eigenvalue weighted by molar-refractivity contribution is 0.384. The summed E-state index contributed by atoms with van der Waals surface area (Å²) in [4.78, 5) is 0.164. The first-order valence-electron chi connectivity index (χ1n) is 5.28. The van der Waals surface area contributed by atoms with Gasteiger partial charge in [0, 0.05) is 23.1 Å². The summed E-state index contributed by atoms with van der Waals surface area (Å²) in [6.07, 6.45) is 3.66. The fourth-order valence-corrected chi connectivity index (χ4v) is 3.99. The van der Waals surface area contributed by atoms with E-state index in [1.165, 1.54) is 22.5 Å².